The Balaban J connectivity index is 2.16. The summed E-state index contributed by atoms with van der Waals surface area (Å²) < 4.78 is 2.23. The van der Waals surface area contributed by atoms with Crippen LogP contribution in [0.15, 0.2) is 54.6 Å². The minimum Gasteiger partial charge on any atom is -0.315 e. The summed E-state index contributed by atoms with van der Waals surface area (Å²) >= 11 is 0. The molecule has 3 rings (SSSR count). The summed E-state index contributed by atoms with van der Waals surface area (Å²) in [4.78, 5) is 0. The molecule has 1 aromatic heterocycles. The van der Waals surface area contributed by atoms with Gasteiger partial charge in [0.2, 0.25) is 0 Å². The highest BCUT2D eigenvalue weighted by molar-refractivity contribution is 6.83. The van der Waals surface area contributed by atoms with E-state index in [0.717, 1.165) is 0 Å². The molecule has 0 radical (unpaired) electrons. The lowest BCUT2D eigenvalue weighted by atomic mass is 10.2. The van der Waals surface area contributed by atoms with E-state index in [0.29, 0.717) is 0 Å². The smallest absolute Gasteiger partial charge is 0.129 e. The summed E-state index contributed by atoms with van der Waals surface area (Å²) in [6.45, 7) is 6.77. The Bertz CT molecular complexity index is 829. The molecule has 0 spiro atoms. The summed E-state index contributed by atoms with van der Waals surface area (Å²) in [6, 6.07) is 17.0. The SMILES string of the molecule is C[Si](C)(C)C#C/C=C/n1c2ccccc2c2ccccc21. The first-order valence-electron chi connectivity index (χ1n) is 7.23. The van der Waals surface area contributed by atoms with E-state index in [9.17, 15) is 0 Å². The van der Waals surface area contributed by atoms with E-state index in [4.69, 9.17) is 0 Å². The molecule has 0 bridgehead atoms. The van der Waals surface area contributed by atoms with Gasteiger partial charge in [-0.05, 0) is 12.1 Å². The molecule has 0 saturated heterocycles. The lowest BCUT2D eigenvalue weighted by Gasteiger charge is -2.02. The number of rotatable bonds is 1. The molecule has 0 N–H and O–H groups in total. The third kappa shape index (κ3) is 2.79. The minimum absolute atomic E-state index is 1.23. The summed E-state index contributed by atoms with van der Waals surface area (Å²) in [5.74, 6) is 3.20. The number of para-hydroxylation sites is 2. The lowest BCUT2D eigenvalue weighted by Crippen LogP contribution is -2.16. The first kappa shape index (κ1) is 13.7. The Kier molecular flexibility index (Phi) is 3.45. The first-order chi connectivity index (χ1) is 10.1. The standard InChI is InChI=1S/C19H19NSi/c1-21(2,3)15-9-8-14-20-18-12-6-4-10-16(18)17-11-5-7-13-19(17)20/h4-8,10-14H,1-3H3/b14-8+. The molecular weight excluding hydrogens is 270 g/mol. The van der Waals surface area contributed by atoms with Crippen LogP contribution in [0.5, 0.6) is 0 Å². The van der Waals surface area contributed by atoms with E-state index in [1.54, 1.807) is 0 Å². The quantitative estimate of drug-likeness (QED) is 0.431. The topological polar surface area (TPSA) is 4.93 Å². The lowest BCUT2D eigenvalue weighted by molar-refractivity contribution is 1.29. The van der Waals surface area contributed by atoms with Crippen molar-refractivity contribution in [2.45, 2.75) is 19.6 Å². The maximum absolute atomic E-state index is 3.37. The molecule has 2 heteroatoms. The van der Waals surface area contributed by atoms with Crippen molar-refractivity contribution < 1.29 is 0 Å². The monoisotopic (exact) mass is 289 g/mol. The summed E-state index contributed by atoms with van der Waals surface area (Å²) in [5.41, 5.74) is 5.82. The first-order valence-corrected chi connectivity index (χ1v) is 10.7. The van der Waals surface area contributed by atoms with Crippen molar-refractivity contribution in [3.8, 4) is 11.5 Å². The zero-order chi connectivity index (χ0) is 14.9. The van der Waals surface area contributed by atoms with Crippen LogP contribution in [-0.2, 0) is 0 Å². The van der Waals surface area contributed by atoms with Gasteiger partial charge in [0.05, 0.1) is 11.0 Å². The fraction of sp³-hybridized carbons (Fsp3) is 0.158. The van der Waals surface area contributed by atoms with Crippen LogP contribution in [0.1, 0.15) is 0 Å². The summed E-state index contributed by atoms with van der Waals surface area (Å²) in [6.07, 6.45) is 4.05. The summed E-state index contributed by atoms with van der Waals surface area (Å²) in [5, 5.41) is 2.58. The Morgan fingerprint density at radius 1 is 0.857 bits per heavy atom. The van der Waals surface area contributed by atoms with Crippen molar-refractivity contribution in [2.24, 2.45) is 0 Å². The highest BCUT2D eigenvalue weighted by Gasteiger charge is 2.08. The molecule has 0 fully saturated rings. The fourth-order valence-electron chi connectivity index (χ4n) is 2.48. The van der Waals surface area contributed by atoms with Gasteiger partial charge in [-0.15, -0.1) is 5.54 Å². The largest absolute Gasteiger partial charge is 0.315 e. The Morgan fingerprint density at radius 3 is 1.90 bits per heavy atom. The maximum Gasteiger partial charge on any atom is 0.129 e. The van der Waals surface area contributed by atoms with Crippen molar-refractivity contribution in [2.75, 3.05) is 0 Å². The van der Waals surface area contributed by atoms with E-state index in [-0.39, 0.29) is 0 Å². The van der Waals surface area contributed by atoms with Crippen LogP contribution in [0, 0.1) is 11.5 Å². The van der Waals surface area contributed by atoms with Gasteiger partial charge in [-0.25, -0.2) is 0 Å². The molecule has 1 heterocycles. The molecule has 0 unspecified atom stereocenters. The molecule has 0 aliphatic carbocycles. The average molecular weight is 289 g/mol. The van der Waals surface area contributed by atoms with Gasteiger partial charge in [-0.1, -0.05) is 62.0 Å². The molecule has 0 aliphatic rings. The Hall–Kier alpha value is -2.24. The van der Waals surface area contributed by atoms with Crippen LogP contribution in [0.4, 0.5) is 0 Å². The molecular formula is C19H19NSi. The molecule has 2 aromatic carbocycles. The van der Waals surface area contributed by atoms with Crippen molar-refractivity contribution >= 4 is 36.1 Å². The van der Waals surface area contributed by atoms with Crippen LogP contribution in [-0.4, -0.2) is 12.6 Å². The maximum atomic E-state index is 3.37. The van der Waals surface area contributed by atoms with Gasteiger partial charge in [0.15, 0.2) is 0 Å². The van der Waals surface area contributed by atoms with Gasteiger partial charge in [-0.3, -0.25) is 0 Å². The zero-order valence-corrected chi connectivity index (χ0v) is 13.7. The van der Waals surface area contributed by atoms with Gasteiger partial charge in [0, 0.05) is 23.0 Å². The number of benzene rings is 2. The molecule has 104 valence electrons. The van der Waals surface area contributed by atoms with E-state index < -0.39 is 8.07 Å². The Morgan fingerprint density at radius 2 is 1.38 bits per heavy atom. The van der Waals surface area contributed by atoms with Gasteiger partial charge in [-0.2, -0.15) is 0 Å². The highest BCUT2D eigenvalue weighted by atomic mass is 28.3. The second-order valence-electron chi connectivity index (χ2n) is 6.24. The van der Waals surface area contributed by atoms with Crippen molar-refractivity contribution in [3.05, 3.63) is 54.6 Å². The van der Waals surface area contributed by atoms with Crippen molar-refractivity contribution in [1.29, 1.82) is 0 Å². The number of allylic oxidation sites excluding steroid dienone is 1. The fourth-order valence-corrected chi connectivity index (χ4v) is 3.00. The number of nitrogens with zero attached hydrogens (tertiary/aromatic N) is 1. The minimum atomic E-state index is -1.31. The predicted molar refractivity (Wildman–Crippen MR) is 95.9 cm³/mol. The molecule has 0 saturated carbocycles. The second kappa shape index (κ2) is 5.27. The molecule has 21 heavy (non-hydrogen) atoms. The van der Waals surface area contributed by atoms with E-state index >= 15 is 0 Å². The Labute approximate surface area is 126 Å². The number of aromatic nitrogens is 1. The number of fused-ring (bicyclic) bond motifs is 3. The number of hydrogen-bond acceptors (Lipinski definition) is 0. The molecule has 0 amide bonds. The third-order valence-electron chi connectivity index (χ3n) is 3.37. The van der Waals surface area contributed by atoms with E-state index in [2.05, 4.69) is 90.4 Å². The van der Waals surface area contributed by atoms with Gasteiger partial charge in [0.25, 0.3) is 0 Å². The van der Waals surface area contributed by atoms with E-state index in [1.165, 1.54) is 21.8 Å². The van der Waals surface area contributed by atoms with Crippen molar-refractivity contribution in [3.63, 3.8) is 0 Å². The molecule has 0 aliphatic heterocycles. The molecule has 3 aromatic rings. The predicted octanol–water partition coefficient (Wildman–Crippen LogP) is 5.15. The van der Waals surface area contributed by atoms with Crippen molar-refractivity contribution in [1.82, 2.24) is 4.57 Å². The molecule has 0 atom stereocenters. The molecule has 1 nitrogen and oxygen atoms in total. The van der Waals surface area contributed by atoms with E-state index in [1.807, 2.05) is 6.08 Å². The van der Waals surface area contributed by atoms with Crippen LogP contribution >= 0.6 is 0 Å². The highest BCUT2D eigenvalue weighted by Crippen LogP contribution is 2.28. The van der Waals surface area contributed by atoms with Crippen LogP contribution in [0.25, 0.3) is 28.0 Å². The summed E-state index contributed by atoms with van der Waals surface area (Å²) in [7, 11) is -1.31. The van der Waals surface area contributed by atoms with Crippen LogP contribution in [0.3, 0.4) is 0 Å². The number of hydrogen-bond donors (Lipinski definition) is 0. The van der Waals surface area contributed by atoms with Gasteiger partial charge in [0.1, 0.15) is 8.07 Å². The normalized spacial score (nSPS) is 12.0. The van der Waals surface area contributed by atoms with Crippen LogP contribution in [0.2, 0.25) is 19.6 Å². The average Bonchev–Trinajstić information content (AvgIpc) is 2.77. The van der Waals surface area contributed by atoms with Gasteiger partial charge >= 0.3 is 0 Å². The third-order valence-corrected chi connectivity index (χ3v) is 4.27. The van der Waals surface area contributed by atoms with Crippen LogP contribution < -0.4 is 0 Å². The van der Waals surface area contributed by atoms with Gasteiger partial charge < -0.3 is 4.57 Å². The second-order valence-corrected chi connectivity index (χ2v) is 11.0. The zero-order valence-electron chi connectivity index (χ0n) is 12.7.